The van der Waals surface area contributed by atoms with Crippen molar-refractivity contribution in [2.45, 2.75) is 26.9 Å². The molecule has 0 saturated carbocycles. The molecule has 0 spiro atoms. The topological polar surface area (TPSA) is 0 Å². The SMILES string of the molecule is CC1=[C-]c2cccc(-c3ccccc3)c2C1=[Si](C)C.Cc1cc2c(-c3ccccc3)cccc2[cH-]1.[Mg+2]. The van der Waals surface area contributed by atoms with Gasteiger partial charge in [-0.2, -0.15) is 11.6 Å². The van der Waals surface area contributed by atoms with E-state index in [0.29, 0.717) is 0 Å². The van der Waals surface area contributed by atoms with Crippen LogP contribution in [0.1, 0.15) is 23.6 Å². The van der Waals surface area contributed by atoms with E-state index >= 15 is 0 Å². The fraction of sp³-hybridized carbons (Fsp3) is 0.118. The Morgan fingerprint density at radius 3 is 1.89 bits per heavy atom. The van der Waals surface area contributed by atoms with Crippen molar-refractivity contribution in [3.05, 3.63) is 138 Å². The Labute approximate surface area is 233 Å². The summed E-state index contributed by atoms with van der Waals surface area (Å²) in [5.41, 5.74) is 10.6. The molecule has 2 heteroatoms. The molecule has 36 heavy (non-hydrogen) atoms. The second-order valence-corrected chi connectivity index (χ2v) is 11.9. The minimum absolute atomic E-state index is 0. The maximum Gasteiger partial charge on any atom is 2.00 e. The Balaban J connectivity index is 0.000000167. The predicted octanol–water partition coefficient (Wildman–Crippen LogP) is 8.47. The maximum absolute atomic E-state index is 3.54. The second kappa shape index (κ2) is 11.4. The molecule has 0 unspecified atom stereocenters. The third-order valence-electron chi connectivity index (χ3n) is 6.58. The van der Waals surface area contributed by atoms with Gasteiger partial charge in [0.05, 0.1) is 0 Å². The minimum Gasteiger partial charge on any atom is -0.165 e. The van der Waals surface area contributed by atoms with Crippen molar-refractivity contribution in [2.24, 2.45) is 0 Å². The number of aryl methyl sites for hydroxylation is 1. The van der Waals surface area contributed by atoms with Crippen LogP contribution in [0.25, 0.3) is 33.0 Å². The molecule has 0 saturated heterocycles. The van der Waals surface area contributed by atoms with Crippen molar-refractivity contribution < 1.29 is 0 Å². The van der Waals surface area contributed by atoms with Gasteiger partial charge >= 0.3 is 23.1 Å². The zero-order chi connectivity index (χ0) is 24.4. The van der Waals surface area contributed by atoms with Crippen molar-refractivity contribution in [1.29, 1.82) is 0 Å². The predicted molar refractivity (Wildman–Crippen MR) is 160 cm³/mol. The van der Waals surface area contributed by atoms with Gasteiger partial charge in [-0.3, -0.25) is 0 Å². The molecule has 1 aliphatic rings. The standard InChI is InChI=1S/C18H17Si.C16H13.Mg/c1-13-12-15-10-7-11-16(14-8-5-4-6-9-14)17(15)18(13)19(2)3;1-12-10-14-8-5-9-15(16(14)11-12)13-6-3-2-4-7-13;/h4-11H,1-3H3;2-11H,1H3;/q2*-1;+2. The van der Waals surface area contributed by atoms with Gasteiger partial charge in [0.2, 0.25) is 0 Å². The quantitative estimate of drug-likeness (QED) is 0.172. The number of hydrogen-bond donors (Lipinski definition) is 0. The average molecular weight is 491 g/mol. The number of rotatable bonds is 2. The van der Waals surface area contributed by atoms with E-state index in [-0.39, 0.29) is 23.1 Å². The van der Waals surface area contributed by atoms with Crippen LogP contribution in [0, 0.1) is 13.0 Å². The van der Waals surface area contributed by atoms with E-state index in [2.05, 4.69) is 142 Å². The molecule has 0 heterocycles. The van der Waals surface area contributed by atoms with Crippen LogP contribution >= 0.6 is 0 Å². The van der Waals surface area contributed by atoms with Crippen LogP contribution in [0.15, 0.2) is 115 Å². The van der Waals surface area contributed by atoms with Crippen molar-refractivity contribution in [3.63, 3.8) is 0 Å². The Morgan fingerprint density at radius 1 is 0.667 bits per heavy atom. The maximum atomic E-state index is 3.54. The van der Waals surface area contributed by atoms with E-state index in [1.54, 1.807) is 5.17 Å². The first-order valence-corrected chi connectivity index (χ1v) is 14.7. The fourth-order valence-electron chi connectivity index (χ4n) is 5.12. The van der Waals surface area contributed by atoms with Gasteiger partial charge in [-0.15, -0.1) is 69.0 Å². The van der Waals surface area contributed by atoms with Crippen LogP contribution in [-0.2, 0) is 0 Å². The second-order valence-electron chi connectivity index (χ2n) is 9.43. The molecule has 0 nitrogen and oxygen atoms in total. The van der Waals surface area contributed by atoms with E-state index in [1.165, 1.54) is 55.3 Å². The Bertz CT molecular complexity index is 1550. The summed E-state index contributed by atoms with van der Waals surface area (Å²) in [5.74, 6) is 0. The van der Waals surface area contributed by atoms with Gasteiger partial charge in [0.1, 0.15) is 0 Å². The first-order chi connectivity index (χ1) is 17.0. The zero-order valence-electron chi connectivity index (χ0n) is 21.6. The first-order valence-electron chi connectivity index (χ1n) is 12.2. The molecule has 0 atom stereocenters. The van der Waals surface area contributed by atoms with E-state index in [9.17, 15) is 0 Å². The van der Waals surface area contributed by atoms with Gasteiger partial charge in [-0.25, -0.2) is 0 Å². The average Bonchev–Trinajstić information content (AvgIpc) is 3.43. The van der Waals surface area contributed by atoms with Crippen LogP contribution < -0.4 is 0 Å². The summed E-state index contributed by atoms with van der Waals surface area (Å²) < 4.78 is 0. The normalized spacial score (nSPS) is 11.8. The van der Waals surface area contributed by atoms with Gasteiger partial charge in [0.15, 0.2) is 0 Å². The summed E-state index contributed by atoms with van der Waals surface area (Å²) in [4.78, 5) is 0. The van der Waals surface area contributed by atoms with Crippen molar-refractivity contribution in [2.75, 3.05) is 0 Å². The Kier molecular flexibility index (Phi) is 8.30. The minimum atomic E-state index is -0.485. The van der Waals surface area contributed by atoms with E-state index in [1.807, 2.05) is 0 Å². The monoisotopic (exact) mass is 490 g/mol. The molecule has 0 N–H and O–H groups in total. The Morgan fingerprint density at radius 2 is 1.25 bits per heavy atom. The van der Waals surface area contributed by atoms with E-state index in [0.717, 1.165) is 0 Å². The van der Waals surface area contributed by atoms with E-state index < -0.39 is 8.41 Å². The molecule has 0 radical (unpaired) electrons. The number of fused-ring (bicyclic) bond motifs is 2. The van der Waals surface area contributed by atoms with Crippen molar-refractivity contribution in [3.8, 4) is 22.3 Å². The molecule has 5 aromatic carbocycles. The summed E-state index contributed by atoms with van der Waals surface area (Å²) in [5, 5.41) is 4.23. The molecule has 172 valence electrons. The Hall–Kier alpha value is -2.92. The van der Waals surface area contributed by atoms with Crippen LogP contribution in [0.4, 0.5) is 0 Å². The number of hydrogen-bond acceptors (Lipinski definition) is 0. The van der Waals surface area contributed by atoms with Gasteiger partial charge in [0.25, 0.3) is 0 Å². The summed E-state index contributed by atoms with van der Waals surface area (Å²) in [6.45, 7) is 9.07. The smallest absolute Gasteiger partial charge is 0.165 e. The summed E-state index contributed by atoms with van der Waals surface area (Å²) in [6.07, 6.45) is 3.54. The fourth-order valence-corrected chi connectivity index (χ4v) is 6.70. The summed E-state index contributed by atoms with van der Waals surface area (Å²) in [7, 11) is -0.485. The summed E-state index contributed by atoms with van der Waals surface area (Å²) in [6, 6.07) is 38.8. The van der Waals surface area contributed by atoms with Crippen LogP contribution in [-0.4, -0.2) is 36.6 Å². The molecule has 5 aromatic rings. The molecular weight excluding hydrogens is 461 g/mol. The van der Waals surface area contributed by atoms with Crippen LogP contribution in [0.3, 0.4) is 0 Å². The van der Waals surface area contributed by atoms with Gasteiger partial charge in [-0.1, -0.05) is 111 Å². The molecule has 0 aromatic heterocycles. The molecule has 0 fully saturated rings. The number of benzene rings is 4. The third-order valence-corrected chi connectivity index (χ3v) is 8.20. The van der Waals surface area contributed by atoms with E-state index in [4.69, 9.17) is 0 Å². The molecule has 0 aliphatic heterocycles. The van der Waals surface area contributed by atoms with Gasteiger partial charge in [-0.05, 0) is 19.5 Å². The zero-order valence-corrected chi connectivity index (χ0v) is 24.0. The molecule has 0 amide bonds. The molecule has 1 aliphatic carbocycles. The van der Waals surface area contributed by atoms with Crippen LogP contribution in [0.5, 0.6) is 0 Å². The molecule has 0 bridgehead atoms. The first kappa shape index (κ1) is 26.2. The van der Waals surface area contributed by atoms with Crippen LogP contribution in [0.2, 0.25) is 13.1 Å². The largest absolute Gasteiger partial charge is 2.00 e. The molecular formula is C34H30MgSi. The molecule has 6 rings (SSSR count). The van der Waals surface area contributed by atoms with Gasteiger partial charge < -0.3 is 0 Å². The van der Waals surface area contributed by atoms with Crippen molar-refractivity contribution in [1.82, 2.24) is 0 Å². The van der Waals surface area contributed by atoms with Crippen molar-refractivity contribution >= 4 is 47.4 Å². The third kappa shape index (κ3) is 5.27. The number of allylic oxidation sites excluding steroid dienone is 1. The van der Waals surface area contributed by atoms with Gasteiger partial charge in [0, 0.05) is 0 Å². The summed E-state index contributed by atoms with van der Waals surface area (Å²) >= 11 is 0.